The molecule has 2 atom stereocenters. The van der Waals surface area contributed by atoms with E-state index in [9.17, 15) is 4.79 Å². The van der Waals surface area contributed by atoms with Gasteiger partial charge in [-0.25, -0.2) is 9.78 Å². The molecule has 5 nitrogen and oxygen atoms in total. The molecule has 2 aromatic rings. The first-order valence-corrected chi connectivity index (χ1v) is 8.63. The number of rotatable bonds is 2. The first-order valence-electron chi connectivity index (χ1n) is 7.75. The number of carbonyl (C=O) groups is 1. The number of morpholine rings is 1. The van der Waals surface area contributed by atoms with Crippen LogP contribution in [0.4, 0.5) is 10.5 Å². The maximum Gasteiger partial charge on any atom is 0.322 e. The van der Waals surface area contributed by atoms with Gasteiger partial charge in [0.05, 0.1) is 12.2 Å². The molecule has 1 aliphatic rings. The molecule has 1 aromatic heterocycles. The van der Waals surface area contributed by atoms with Gasteiger partial charge in [0.25, 0.3) is 0 Å². The summed E-state index contributed by atoms with van der Waals surface area (Å²) in [5, 5.41) is 5.97. The average Bonchev–Trinajstić information content (AvgIpc) is 2.93. The van der Waals surface area contributed by atoms with Gasteiger partial charge in [-0.05, 0) is 32.9 Å². The molecule has 0 bridgehead atoms. The van der Waals surface area contributed by atoms with E-state index in [2.05, 4.69) is 10.3 Å². The maximum atomic E-state index is 12.5. The minimum absolute atomic E-state index is 0.0640. The Kier molecular flexibility index (Phi) is 4.63. The van der Waals surface area contributed by atoms with Crippen LogP contribution in [0, 0.1) is 6.92 Å². The summed E-state index contributed by atoms with van der Waals surface area (Å²) >= 11 is 1.61. The Bertz CT molecular complexity index is 691. The van der Waals surface area contributed by atoms with E-state index in [1.54, 1.807) is 16.2 Å². The largest absolute Gasteiger partial charge is 0.372 e. The molecule has 2 heterocycles. The zero-order valence-corrected chi connectivity index (χ0v) is 14.4. The third kappa shape index (κ3) is 3.89. The van der Waals surface area contributed by atoms with Crippen molar-refractivity contribution in [3.63, 3.8) is 0 Å². The highest BCUT2D eigenvalue weighted by molar-refractivity contribution is 7.13. The minimum Gasteiger partial charge on any atom is -0.372 e. The summed E-state index contributed by atoms with van der Waals surface area (Å²) in [7, 11) is 0. The molecule has 23 heavy (non-hydrogen) atoms. The first-order chi connectivity index (χ1) is 11.0. The third-order valence-electron chi connectivity index (χ3n) is 3.69. The van der Waals surface area contributed by atoms with Gasteiger partial charge in [0, 0.05) is 35.4 Å². The molecule has 1 aliphatic heterocycles. The number of nitrogens with one attached hydrogen (secondary N) is 1. The fourth-order valence-electron chi connectivity index (χ4n) is 2.76. The lowest BCUT2D eigenvalue weighted by atomic mass is 10.2. The molecule has 1 N–H and O–H groups in total. The van der Waals surface area contributed by atoms with Crippen LogP contribution in [0.25, 0.3) is 10.6 Å². The van der Waals surface area contributed by atoms with Crippen LogP contribution in [-0.2, 0) is 4.74 Å². The Labute approximate surface area is 140 Å². The van der Waals surface area contributed by atoms with Crippen molar-refractivity contribution in [3.8, 4) is 10.6 Å². The number of urea groups is 1. The molecule has 0 radical (unpaired) electrons. The zero-order valence-electron chi connectivity index (χ0n) is 13.6. The van der Waals surface area contributed by atoms with E-state index in [1.165, 1.54) is 0 Å². The van der Waals surface area contributed by atoms with Crippen LogP contribution in [0.3, 0.4) is 0 Å². The standard InChI is InChI=1S/C17H21N3O2S/c1-11-10-23-16(18-11)14-5-4-6-15(7-14)19-17(21)20-8-12(2)22-13(3)9-20/h4-7,10,12-13H,8-9H2,1-3H3,(H,19,21)/t12-,13-/m0/s1. The van der Waals surface area contributed by atoms with Crippen LogP contribution < -0.4 is 5.32 Å². The number of benzene rings is 1. The number of carbonyl (C=O) groups excluding carboxylic acids is 1. The molecule has 0 spiro atoms. The number of aromatic nitrogens is 1. The van der Waals surface area contributed by atoms with Gasteiger partial charge in [-0.2, -0.15) is 0 Å². The van der Waals surface area contributed by atoms with E-state index in [4.69, 9.17) is 4.74 Å². The first kappa shape index (κ1) is 16.0. The Hall–Kier alpha value is -1.92. The van der Waals surface area contributed by atoms with E-state index in [1.807, 2.05) is 50.4 Å². The average molecular weight is 331 g/mol. The number of thiazole rings is 1. The lowest BCUT2D eigenvalue weighted by Crippen LogP contribution is -2.49. The summed E-state index contributed by atoms with van der Waals surface area (Å²) in [6.45, 7) is 7.18. The van der Waals surface area contributed by atoms with Crippen molar-refractivity contribution in [3.05, 3.63) is 35.3 Å². The molecule has 1 fully saturated rings. The Morgan fingerprint density at radius 3 is 2.74 bits per heavy atom. The van der Waals surface area contributed by atoms with E-state index < -0.39 is 0 Å². The predicted octanol–water partition coefficient (Wildman–Crippen LogP) is 3.76. The molecule has 2 amide bonds. The number of anilines is 1. The van der Waals surface area contributed by atoms with Crippen molar-refractivity contribution < 1.29 is 9.53 Å². The van der Waals surface area contributed by atoms with E-state index in [0.29, 0.717) is 13.1 Å². The molecular formula is C17H21N3O2S. The summed E-state index contributed by atoms with van der Waals surface area (Å²) in [5.41, 5.74) is 2.81. The van der Waals surface area contributed by atoms with Crippen LogP contribution in [0.15, 0.2) is 29.6 Å². The molecule has 1 aromatic carbocycles. The van der Waals surface area contributed by atoms with Crippen LogP contribution in [-0.4, -0.2) is 41.2 Å². The molecule has 122 valence electrons. The van der Waals surface area contributed by atoms with E-state index in [0.717, 1.165) is 22.0 Å². The lowest BCUT2D eigenvalue weighted by Gasteiger charge is -2.35. The quantitative estimate of drug-likeness (QED) is 0.911. The third-order valence-corrected chi connectivity index (χ3v) is 4.70. The second-order valence-corrected chi connectivity index (χ2v) is 6.83. The summed E-state index contributed by atoms with van der Waals surface area (Å²) in [6, 6.07) is 7.72. The SMILES string of the molecule is Cc1csc(-c2cccc(NC(=O)N3C[C@H](C)O[C@@H](C)C3)c2)n1. The molecule has 0 unspecified atom stereocenters. The van der Waals surface area contributed by atoms with Crippen LogP contribution in [0.1, 0.15) is 19.5 Å². The van der Waals surface area contributed by atoms with Gasteiger partial charge in [0.15, 0.2) is 0 Å². The van der Waals surface area contributed by atoms with E-state index >= 15 is 0 Å². The van der Waals surface area contributed by atoms with Crippen LogP contribution in [0.2, 0.25) is 0 Å². The number of ether oxygens (including phenoxy) is 1. The number of amides is 2. The van der Waals surface area contributed by atoms with Gasteiger partial charge in [0.1, 0.15) is 5.01 Å². The highest BCUT2D eigenvalue weighted by atomic mass is 32.1. The van der Waals surface area contributed by atoms with Gasteiger partial charge >= 0.3 is 6.03 Å². The summed E-state index contributed by atoms with van der Waals surface area (Å²) in [4.78, 5) is 18.8. The van der Waals surface area contributed by atoms with Crippen molar-refractivity contribution in [2.24, 2.45) is 0 Å². The molecule has 0 aliphatic carbocycles. The highest BCUT2D eigenvalue weighted by Crippen LogP contribution is 2.26. The Morgan fingerprint density at radius 1 is 1.35 bits per heavy atom. The van der Waals surface area contributed by atoms with Crippen molar-refractivity contribution in [1.29, 1.82) is 0 Å². The number of hydrogen-bond acceptors (Lipinski definition) is 4. The predicted molar refractivity (Wildman–Crippen MR) is 92.9 cm³/mol. The fourth-order valence-corrected chi connectivity index (χ4v) is 3.56. The zero-order chi connectivity index (χ0) is 16.4. The summed E-state index contributed by atoms with van der Waals surface area (Å²) < 4.78 is 5.67. The number of hydrogen-bond donors (Lipinski definition) is 1. The monoisotopic (exact) mass is 331 g/mol. The smallest absolute Gasteiger partial charge is 0.322 e. The topological polar surface area (TPSA) is 54.5 Å². The Balaban J connectivity index is 1.71. The second kappa shape index (κ2) is 6.68. The minimum atomic E-state index is -0.0838. The summed E-state index contributed by atoms with van der Waals surface area (Å²) in [5.74, 6) is 0. The molecule has 6 heteroatoms. The highest BCUT2D eigenvalue weighted by Gasteiger charge is 2.25. The molecule has 1 saturated heterocycles. The second-order valence-electron chi connectivity index (χ2n) is 5.97. The van der Waals surface area contributed by atoms with Crippen LogP contribution >= 0.6 is 11.3 Å². The number of aryl methyl sites for hydroxylation is 1. The van der Waals surface area contributed by atoms with Crippen LogP contribution in [0.5, 0.6) is 0 Å². The Morgan fingerprint density at radius 2 is 2.09 bits per heavy atom. The van der Waals surface area contributed by atoms with Gasteiger partial charge in [-0.1, -0.05) is 12.1 Å². The van der Waals surface area contributed by atoms with Gasteiger partial charge in [-0.3, -0.25) is 0 Å². The maximum absolute atomic E-state index is 12.5. The number of nitrogens with zero attached hydrogens (tertiary/aromatic N) is 2. The van der Waals surface area contributed by atoms with E-state index in [-0.39, 0.29) is 18.2 Å². The fraction of sp³-hybridized carbons (Fsp3) is 0.412. The lowest BCUT2D eigenvalue weighted by molar-refractivity contribution is -0.0530. The van der Waals surface area contributed by atoms with Crippen molar-refractivity contribution in [2.45, 2.75) is 33.0 Å². The van der Waals surface area contributed by atoms with Crippen molar-refractivity contribution >= 4 is 23.1 Å². The molecule has 0 saturated carbocycles. The normalized spacial score (nSPS) is 21.3. The molecular weight excluding hydrogens is 310 g/mol. The van der Waals surface area contributed by atoms with Crippen molar-refractivity contribution in [2.75, 3.05) is 18.4 Å². The van der Waals surface area contributed by atoms with Gasteiger partial charge in [-0.15, -0.1) is 11.3 Å². The summed E-state index contributed by atoms with van der Waals surface area (Å²) in [6.07, 6.45) is 0.128. The van der Waals surface area contributed by atoms with Gasteiger partial charge in [0.2, 0.25) is 0 Å². The molecule has 3 rings (SSSR count). The van der Waals surface area contributed by atoms with Gasteiger partial charge < -0.3 is 15.0 Å². The van der Waals surface area contributed by atoms with Crippen molar-refractivity contribution in [1.82, 2.24) is 9.88 Å².